The molecule has 0 unspecified atom stereocenters. The molecule has 0 radical (unpaired) electrons. The molecule has 0 heterocycles. The van der Waals surface area contributed by atoms with Crippen molar-refractivity contribution in [3.63, 3.8) is 0 Å². The van der Waals surface area contributed by atoms with E-state index in [1.165, 1.54) is 25.0 Å². The van der Waals surface area contributed by atoms with Gasteiger partial charge in [-0.2, -0.15) is 0 Å². The molecule has 1 aliphatic carbocycles. The van der Waals surface area contributed by atoms with Crippen molar-refractivity contribution < 1.29 is 26.4 Å². The molecule has 0 aromatic heterocycles. The maximum absolute atomic E-state index is 5.59. The van der Waals surface area contributed by atoms with Gasteiger partial charge in [0.2, 0.25) is 0 Å². The van der Waals surface area contributed by atoms with Crippen LogP contribution >= 0.6 is 8.25 Å². The SMILES string of the molecule is [Cl][Hg][O]C1=CCCCC1. The van der Waals surface area contributed by atoms with Crippen molar-refractivity contribution in [1.29, 1.82) is 0 Å². The summed E-state index contributed by atoms with van der Waals surface area (Å²) < 4.78 is 5.33. The molecule has 0 atom stereocenters. The molecule has 0 aromatic carbocycles. The summed E-state index contributed by atoms with van der Waals surface area (Å²) in [7, 11) is 5.59. The van der Waals surface area contributed by atoms with Crippen molar-refractivity contribution in [1.82, 2.24) is 0 Å². The van der Waals surface area contributed by atoms with Gasteiger partial charge in [0, 0.05) is 0 Å². The predicted molar refractivity (Wildman–Crippen MR) is 33.5 cm³/mol. The van der Waals surface area contributed by atoms with Gasteiger partial charge in [0.15, 0.2) is 0 Å². The quantitative estimate of drug-likeness (QED) is 0.706. The molecule has 1 rings (SSSR count). The van der Waals surface area contributed by atoms with E-state index in [0.29, 0.717) is 0 Å². The molecule has 3 heteroatoms. The maximum atomic E-state index is 5.59. The molecule has 1 nitrogen and oxygen atoms in total. The minimum atomic E-state index is -1.34. The van der Waals surface area contributed by atoms with Crippen LogP contribution in [0.2, 0.25) is 0 Å². The Kier molecular flexibility index (Phi) is 3.99. The van der Waals surface area contributed by atoms with Gasteiger partial charge in [0.1, 0.15) is 0 Å². The summed E-state index contributed by atoms with van der Waals surface area (Å²) in [5.74, 6) is 1.18. The minimum absolute atomic E-state index is 1.13. The molecule has 0 spiro atoms. The second kappa shape index (κ2) is 4.56. The van der Waals surface area contributed by atoms with E-state index in [2.05, 4.69) is 6.08 Å². The Labute approximate surface area is 72.0 Å². The molecular formula is C6H9ClHgO. The Hall–Kier alpha value is 0.765. The number of rotatable bonds is 2. The molecule has 0 amide bonds. The first kappa shape index (κ1) is 7.87. The topological polar surface area (TPSA) is 9.23 Å². The van der Waals surface area contributed by atoms with Gasteiger partial charge in [-0.3, -0.25) is 0 Å². The van der Waals surface area contributed by atoms with Crippen LogP contribution < -0.4 is 0 Å². The van der Waals surface area contributed by atoms with E-state index >= 15 is 0 Å². The first-order valence-electron chi connectivity index (χ1n) is 3.31. The Morgan fingerprint density at radius 1 is 1.56 bits per heavy atom. The zero-order valence-electron chi connectivity index (χ0n) is 5.40. The molecule has 0 N–H and O–H groups in total. The third kappa shape index (κ3) is 2.90. The molecule has 0 aromatic rings. The number of allylic oxidation sites excluding steroid dienone is 2. The summed E-state index contributed by atoms with van der Waals surface area (Å²) in [6.07, 6.45) is 7.13. The van der Waals surface area contributed by atoms with E-state index in [1.807, 2.05) is 0 Å². The van der Waals surface area contributed by atoms with E-state index in [9.17, 15) is 0 Å². The monoisotopic (exact) mass is 334 g/mol. The number of hydrogen-bond donors (Lipinski definition) is 0. The standard InChI is InChI=1S/C6H10O.ClH.Hg/c7-6-4-2-1-3-5-6;;/h4,7H,1-3,5H2;1H;/q;;+2/p-2. The van der Waals surface area contributed by atoms with Gasteiger partial charge in [-0.1, -0.05) is 0 Å². The van der Waals surface area contributed by atoms with Gasteiger partial charge < -0.3 is 0 Å². The van der Waals surface area contributed by atoms with Crippen LogP contribution in [0.4, 0.5) is 0 Å². The van der Waals surface area contributed by atoms with Crippen LogP contribution in [-0.2, 0) is 26.4 Å². The second-order valence-corrected chi connectivity index (χ2v) is 6.06. The molecular weight excluding hydrogens is 324 g/mol. The van der Waals surface area contributed by atoms with Crippen molar-refractivity contribution in [3.05, 3.63) is 11.8 Å². The van der Waals surface area contributed by atoms with Crippen molar-refractivity contribution >= 4 is 8.25 Å². The van der Waals surface area contributed by atoms with Crippen molar-refractivity contribution in [3.8, 4) is 0 Å². The van der Waals surface area contributed by atoms with Gasteiger partial charge in [-0.05, 0) is 0 Å². The fourth-order valence-corrected chi connectivity index (χ4v) is 3.80. The fraction of sp³-hybridized carbons (Fsp3) is 0.667. The van der Waals surface area contributed by atoms with Gasteiger partial charge in [-0.15, -0.1) is 0 Å². The normalized spacial score (nSPS) is 18.1. The van der Waals surface area contributed by atoms with E-state index in [-0.39, 0.29) is 0 Å². The van der Waals surface area contributed by atoms with E-state index in [1.54, 1.807) is 0 Å². The Bertz CT molecular complexity index is 114. The van der Waals surface area contributed by atoms with E-state index < -0.39 is 23.8 Å². The molecule has 0 saturated heterocycles. The summed E-state index contributed by atoms with van der Waals surface area (Å²) in [6.45, 7) is 0. The third-order valence-corrected chi connectivity index (χ3v) is 4.31. The number of halogens is 1. The summed E-state index contributed by atoms with van der Waals surface area (Å²) in [6, 6.07) is 0. The van der Waals surface area contributed by atoms with Crippen LogP contribution in [0.1, 0.15) is 25.7 Å². The summed E-state index contributed by atoms with van der Waals surface area (Å²) in [4.78, 5) is 0. The summed E-state index contributed by atoms with van der Waals surface area (Å²) in [5.41, 5.74) is 0. The third-order valence-electron chi connectivity index (χ3n) is 1.49. The zero-order chi connectivity index (χ0) is 6.53. The molecule has 0 fully saturated rings. The molecule has 0 saturated carbocycles. The van der Waals surface area contributed by atoms with Crippen molar-refractivity contribution in [2.75, 3.05) is 0 Å². The average Bonchev–Trinajstić information content (AvgIpc) is 1.91. The van der Waals surface area contributed by atoms with E-state index in [4.69, 9.17) is 10.9 Å². The average molecular weight is 333 g/mol. The van der Waals surface area contributed by atoms with Crippen LogP contribution in [0.3, 0.4) is 0 Å². The molecule has 0 bridgehead atoms. The second-order valence-electron chi connectivity index (χ2n) is 2.17. The van der Waals surface area contributed by atoms with Crippen LogP contribution in [0.5, 0.6) is 0 Å². The fourth-order valence-electron chi connectivity index (χ4n) is 1.01. The predicted octanol–water partition coefficient (Wildman–Crippen LogP) is 2.61. The molecule has 1 aliphatic rings. The number of hydrogen-bond acceptors (Lipinski definition) is 1. The Morgan fingerprint density at radius 3 is 3.00 bits per heavy atom. The molecule has 48 valence electrons. The first-order valence-corrected chi connectivity index (χ1v) is 12.3. The first-order chi connectivity index (χ1) is 4.43. The van der Waals surface area contributed by atoms with Crippen LogP contribution in [0.25, 0.3) is 0 Å². The van der Waals surface area contributed by atoms with Gasteiger partial charge in [0.25, 0.3) is 0 Å². The Morgan fingerprint density at radius 2 is 2.44 bits per heavy atom. The van der Waals surface area contributed by atoms with Gasteiger partial charge in [0.05, 0.1) is 0 Å². The van der Waals surface area contributed by atoms with Crippen molar-refractivity contribution in [2.24, 2.45) is 0 Å². The summed E-state index contributed by atoms with van der Waals surface area (Å²) >= 11 is -1.34. The van der Waals surface area contributed by atoms with Crippen LogP contribution in [0.15, 0.2) is 11.8 Å². The Balaban J connectivity index is 2.28. The summed E-state index contributed by atoms with van der Waals surface area (Å²) in [5, 5.41) is 0. The molecule has 9 heavy (non-hydrogen) atoms. The van der Waals surface area contributed by atoms with Gasteiger partial charge in [-0.25, -0.2) is 0 Å². The van der Waals surface area contributed by atoms with Gasteiger partial charge >= 0.3 is 72.2 Å². The zero-order valence-corrected chi connectivity index (χ0v) is 11.7. The van der Waals surface area contributed by atoms with Crippen LogP contribution in [0, 0.1) is 0 Å². The van der Waals surface area contributed by atoms with Crippen LogP contribution in [-0.4, -0.2) is 0 Å². The molecule has 0 aliphatic heterocycles. The van der Waals surface area contributed by atoms with E-state index in [0.717, 1.165) is 6.42 Å². The van der Waals surface area contributed by atoms with Crippen molar-refractivity contribution in [2.45, 2.75) is 25.7 Å².